The largest absolute Gasteiger partial charge is 0.497 e. The van der Waals surface area contributed by atoms with Crippen LogP contribution in [0.1, 0.15) is 28.9 Å². The molecule has 3 aromatic heterocycles. The zero-order valence-electron chi connectivity index (χ0n) is 18.0. The Kier molecular flexibility index (Phi) is 5.75. The third kappa shape index (κ3) is 4.43. The molecule has 166 valence electrons. The summed E-state index contributed by atoms with van der Waals surface area (Å²) in [7, 11) is 1.62. The van der Waals surface area contributed by atoms with E-state index in [4.69, 9.17) is 9.26 Å². The topological polar surface area (TPSA) is 107 Å². The molecule has 9 nitrogen and oxygen atoms in total. The molecule has 4 heterocycles. The van der Waals surface area contributed by atoms with Crippen LogP contribution in [0.4, 0.5) is 0 Å². The van der Waals surface area contributed by atoms with Crippen LogP contribution >= 0.6 is 0 Å². The van der Waals surface area contributed by atoms with Gasteiger partial charge in [0.1, 0.15) is 11.4 Å². The van der Waals surface area contributed by atoms with Gasteiger partial charge in [-0.25, -0.2) is 4.98 Å². The number of pyridine rings is 1. The first kappa shape index (κ1) is 20.7. The number of benzene rings is 1. The van der Waals surface area contributed by atoms with Gasteiger partial charge in [0.15, 0.2) is 0 Å². The van der Waals surface area contributed by atoms with Crippen molar-refractivity contribution in [2.45, 2.75) is 18.3 Å². The van der Waals surface area contributed by atoms with Crippen LogP contribution < -0.4 is 4.74 Å². The Balaban J connectivity index is 1.40. The normalized spacial score (nSPS) is 17.8. The highest BCUT2D eigenvalue weighted by molar-refractivity contribution is 5.79. The van der Waals surface area contributed by atoms with Crippen LogP contribution in [-0.4, -0.2) is 56.1 Å². The smallest absolute Gasteiger partial charge is 0.232 e. The molecule has 1 aromatic carbocycles. The number of hydrogen-bond donors (Lipinski definition) is 0. The predicted octanol–water partition coefficient (Wildman–Crippen LogP) is 2.88. The van der Waals surface area contributed by atoms with Crippen molar-refractivity contribution >= 4 is 5.91 Å². The molecular weight excluding hydrogens is 420 g/mol. The van der Waals surface area contributed by atoms with Crippen LogP contribution in [0.2, 0.25) is 0 Å². The molecule has 33 heavy (non-hydrogen) atoms. The fourth-order valence-corrected chi connectivity index (χ4v) is 4.16. The maximum Gasteiger partial charge on any atom is 0.232 e. The summed E-state index contributed by atoms with van der Waals surface area (Å²) in [5.41, 5.74) is 2.47. The van der Waals surface area contributed by atoms with Gasteiger partial charge in [-0.1, -0.05) is 23.4 Å². The number of likely N-dealkylation sites (tertiary alicyclic amines) is 1. The highest BCUT2D eigenvalue weighted by atomic mass is 16.5. The van der Waals surface area contributed by atoms with Crippen LogP contribution in [0.5, 0.6) is 5.75 Å². The van der Waals surface area contributed by atoms with Crippen LogP contribution in [0.15, 0.2) is 71.9 Å². The third-order valence-corrected chi connectivity index (χ3v) is 5.83. The van der Waals surface area contributed by atoms with Crippen LogP contribution in [0, 0.1) is 0 Å². The third-order valence-electron chi connectivity index (χ3n) is 5.83. The first-order valence-electron chi connectivity index (χ1n) is 10.6. The van der Waals surface area contributed by atoms with Gasteiger partial charge >= 0.3 is 0 Å². The molecule has 4 aromatic rings. The molecule has 1 amide bonds. The van der Waals surface area contributed by atoms with E-state index in [0.29, 0.717) is 36.9 Å². The first-order valence-corrected chi connectivity index (χ1v) is 10.6. The van der Waals surface area contributed by atoms with E-state index in [0.717, 1.165) is 16.9 Å². The van der Waals surface area contributed by atoms with Crippen molar-refractivity contribution in [3.8, 4) is 17.3 Å². The number of carbonyl (C=O) groups is 1. The van der Waals surface area contributed by atoms with Crippen molar-refractivity contribution in [2.75, 3.05) is 20.2 Å². The number of amides is 1. The average Bonchev–Trinajstić information content (AvgIpc) is 3.53. The second-order valence-corrected chi connectivity index (χ2v) is 7.87. The quantitative estimate of drug-likeness (QED) is 0.449. The zero-order valence-corrected chi connectivity index (χ0v) is 18.0. The second kappa shape index (κ2) is 9.15. The highest BCUT2D eigenvalue weighted by Crippen LogP contribution is 2.39. The minimum absolute atomic E-state index is 0.0110. The molecule has 0 saturated carbocycles. The SMILES string of the molecule is COc1cccc(CC(=O)N2C[C@@H](c3cccnc3)[C@H](c3nc(-c4cnccn4)no3)C2)c1. The lowest BCUT2D eigenvalue weighted by molar-refractivity contribution is -0.129. The number of nitrogens with zero attached hydrogens (tertiary/aromatic N) is 6. The van der Waals surface area contributed by atoms with Gasteiger partial charge in [0.05, 0.1) is 25.6 Å². The lowest BCUT2D eigenvalue weighted by atomic mass is 9.90. The molecule has 0 spiro atoms. The van der Waals surface area contributed by atoms with Gasteiger partial charge in [0.2, 0.25) is 17.6 Å². The van der Waals surface area contributed by atoms with Crippen LogP contribution in [0.25, 0.3) is 11.5 Å². The summed E-state index contributed by atoms with van der Waals surface area (Å²) < 4.78 is 10.9. The van der Waals surface area contributed by atoms with Gasteiger partial charge in [-0.05, 0) is 29.3 Å². The molecule has 0 bridgehead atoms. The maximum absolute atomic E-state index is 13.2. The summed E-state index contributed by atoms with van der Waals surface area (Å²) in [4.78, 5) is 32.2. The molecule has 1 aliphatic rings. The Morgan fingerprint density at radius 2 is 1.97 bits per heavy atom. The van der Waals surface area contributed by atoms with Crippen molar-refractivity contribution in [1.29, 1.82) is 0 Å². The molecule has 2 atom stereocenters. The van der Waals surface area contributed by atoms with Gasteiger partial charge in [-0.2, -0.15) is 4.98 Å². The molecule has 5 rings (SSSR count). The molecule has 0 N–H and O–H groups in total. The number of aromatic nitrogens is 5. The number of methoxy groups -OCH3 is 1. The lowest BCUT2D eigenvalue weighted by Gasteiger charge is -2.16. The molecule has 1 fully saturated rings. The van der Waals surface area contributed by atoms with Gasteiger partial charge in [0, 0.05) is 43.8 Å². The Bertz CT molecular complexity index is 1230. The summed E-state index contributed by atoms with van der Waals surface area (Å²) in [6, 6.07) is 11.5. The van der Waals surface area contributed by atoms with Crippen molar-refractivity contribution in [3.05, 3.63) is 84.4 Å². The fraction of sp³-hybridized carbons (Fsp3) is 0.250. The first-order chi connectivity index (χ1) is 16.2. The minimum Gasteiger partial charge on any atom is -0.497 e. The van der Waals surface area contributed by atoms with E-state index in [9.17, 15) is 4.79 Å². The molecule has 0 unspecified atom stereocenters. The van der Waals surface area contributed by atoms with E-state index >= 15 is 0 Å². The molecule has 1 aliphatic heterocycles. The van der Waals surface area contributed by atoms with E-state index < -0.39 is 0 Å². The number of hydrogen-bond acceptors (Lipinski definition) is 8. The van der Waals surface area contributed by atoms with Crippen molar-refractivity contribution < 1.29 is 14.1 Å². The summed E-state index contributed by atoms with van der Waals surface area (Å²) in [5.74, 6) is 1.46. The molecular formula is C24H22N6O3. The molecule has 9 heteroatoms. The van der Waals surface area contributed by atoms with E-state index in [2.05, 4.69) is 25.1 Å². The molecule has 1 saturated heterocycles. The Labute approximate surface area is 190 Å². The van der Waals surface area contributed by atoms with Crippen LogP contribution in [-0.2, 0) is 11.2 Å². The van der Waals surface area contributed by atoms with E-state index in [1.165, 1.54) is 0 Å². The maximum atomic E-state index is 13.2. The Morgan fingerprint density at radius 1 is 1.09 bits per heavy atom. The summed E-state index contributed by atoms with van der Waals surface area (Å²) in [6.07, 6.45) is 8.61. The zero-order chi connectivity index (χ0) is 22.6. The van der Waals surface area contributed by atoms with Crippen molar-refractivity contribution in [3.63, 3.8) is 0 Å². The van der Waals surface area contributed by atoms with Gasteiger partial charge in [-0.3, -0.25) is 14.8 Å². The summed E-state index contributed by atoms with van der Waals surface area (Å²) in [5, 5.41) is 4.09. The monoisotopic (exact) mass is 442 g/mol. The van der Waals surface area contributed by atoms with Crippen molar-refractivity contribution in [1.82, 2.24) is 30.0 Å². The summed E-state index contributed by atoms with van der Waals surface area (Å²) in [6.45, 7) is 1.02. The predicted molar refractivity (Wildman–Crippen MR) is 118 cm³/mol. The van der Waals surface area contributed by atoms with E-state index in [1.807, 2.05) is 47.5 Å². The number of carbonyl (C=O) groups excluding carboxylic acids is 1. The lowest BCUT2D eigenvalue weighted by Crippen LogP contribution is -2.30. The summed E-state index contributed by atoms with van der Waals surface area (Å²) >= 11 is 0. The van der Waals surface area contributed by atoms with E-state index in [-0.39, 0.29) is 17.7 Å². The standard InChI is InChI=1S/C24H22N6O3/c1-32-18-6-2-4-16(10-18)11-22(31)30-14-19(17-5-3-7-25-12-17)20(15-30)24-28-23(29-33-24)21-13-26-8-9-27-21/h2-10,12-13,19-20H,11,14-15H2,1H3/t19-,20+/m0/s1. The van der Waals surface area contributed by atoms with Crippen molar-refractivity contribution in [2.24, 2.45) is 0 Å². The number of ether oxygens (including phenoxy) is 1. The van der Waals surface area contributed by atoms with Gasteiger partial charge in [0.25, 0.3) is 0 Å². The Hall–Kier alpha value is -4.14. The average molecular weight is 442 g/mol. The minimum atomic E-state index is -0.151. The van der Waals surface area contributed by atoms with Gasteiger partial charge < -0.3 is 14.2 Å². The molecule has 0 radical (unpaired) electrons. The highest BCUT2D eigenvalue weighted by Gasteiger charge is 2.40. The second-order valence-electron chi connectivity index (χ2n) is 7.87. The van der Waals surface area contributed by atoms with Crippen LogP contribution in [0.3, 0.4) is 0 Å². The van der Waals surface area contributed by atoms with Gasteiger partial charge in [-0.15, -0.1) is 0 Å². The molecule has 0 aliphatic carbocycles. The van der Waals surface area contributed by atoms with E-state index in [1.54, 1.807) is 31.9 Å². The fourth-order valence-electron chi connectivity index (χ4n) is 4.16. The Morgan fingerprint density at radius 3 is 2.76 bits per heavy atom. The number of rotatable bonds is 6.